The number of ether oxygens (including phenoxy) is 1. The van der Waals surface area contributed by atoms with E-state index in [-0.39, 0.29) is 6.04 Å². The van der Waals surface area contributed by atoms with E-state index in [1.807, 2.05) is 37.4 Å². The van der Waals surface area contributed by atoms with Crippen LogP contribution in [0.25, 0.3) is 0 Å². The van der Waals surface area contributed by atoms with Crippen LogP contribution in [-0.4, -0.2) is 14.2 Å². The highest BCUT2D eigenvalue weighted by Gasteiger charge is 2.13. The number of nitrogens with one attached hydrogen (secondary N) is 1. The molecule has 0 aliphatic carbocycles. The van der Waals surface area contributed by atoms with E-state index in [4.69, 9.17) is 27.9 Å². The molecule has 1 N–H and O–H groups in total. The first kappa shape index (κ1) is 16.2. The second kappa shape index (κ2) is 7.69. The first-order chi connectivity index (χ1) is 10.1. The van der Waals surface area contributed by atoms with E-state index in [9.17, 15) is 0 Å². The second-order valence-electron chi connectivity index (χ2n) is 4.89. The van der Waals surface area contributed by atoms with Gasteiger partial charge >= 0.3 is 0 Å². The summed E-state index contributed by atoms with van der Waals surface area (Å²) >= 11 is 12.3. The Hall–Kier alpha value is -1.22. The summed E-state index contributed by atoms with van der Waals surface area (Å²) in [5, 5.41) is 4.76. The van der Waals surface area contributed by atoms with E-state index >= 15 is 0 Å². The number of benzene rings is 2. The molecule has 0 radical (unpaired) electrons. The molecule has 0 fully saturated rings. The van der Waals surface area contributed by atoms with Gasteiger partial charge in [-0.3, -0.25) is 0 Å². The minimum Gasteiger partial charge on any atom is -0.497 e. The molecule has 2 aromatic carbocycles. The summed E-state index contributed by atoms with van der Waals surface area (Å²) in [6.45, 7) is 0. The van der Waals surface area contributed by atoms with Gasteiger partial charge in [-0.2, -0.15) is 0 Å². The molecule has 2 nitrogen and oxygen atoms in total. The third-order valence-corrected chi connectivity index (χ3v) is 4.14. The van der Waals surface area contributed by atoms with Crippen LogP contribution in [0, 0.1) is 0 Å². The lowest BCUT2D eigenvalue weighted by Gasteiger charge is -2.18. The molecule has 0 aliphatic heterocycles. The Balaban J connectivity index is 2.06. The fraction of sp³-hybridized carbons (Fsp3) is 0.294. The van der Waals surface area contributed by atoms with Crippen molar-refractivity contribution in [3.63, 3.8) is 0 Å². The van der Waals surface area contributed by atoms with E-state index in [0.717, 1.165) is 29.2 Å². The summed E-state index contributed by atoms with van der Waals surface area (Å²) in [6, 6.07) is 13.9. The molecule has 1 atom stereocenters. The highest BCUT2D eigenvalue weighted by Crippen LogP contribution is 2.29. The number of hydrogen-bond donors (Lipinski definition) is 1. The van der Waals surface area contributed by atoms with Crippen LogP contribution in [0.15, 0.2) is 42.5 Å². The van der Waals surface area contributed by atoms with Crippen LogP contribution in [0.1, 0.15) is 23.6 Å². The largest absolute Gasteiger partial charge is 0.497 e. The van der Waals surface area contributed by atoms with Crippen LogP contribution in [0.3, 0.4) is 0 Å². The average molecular weight is 324 g/mol. The van der Waals surface area contributed by atoms with Crippen LogP contribution >= 0.6 is 23.2 Å². The van der Waals surface area contributed by atoms with Gasteiger partial charge in [0.25, 0.3) is 0 Å². The molecule has 0 heterocycles. The van der Waals surface area contributed by atoms with Crippen LogP contribution < -0.4 is 10.1 Å². The molecule has 0 aliphatic rings. The van der Waals surface area contributed by atoms with Gasteiger partial charge in [-0.05, 0) is 61.3 Å². The van der Waals surface area contributed by atoms with Crippen LogP contribution in [0.4, 0.5) is 0 Å². The van der Waals surface area contributed by atoms with Crippen molar-refractivity contribution in [3.8, 4) is 5.75 Å². The molecule has 0 spiro atoms. The topological polar surface area (TPSA) is 21.3 Å². The van der Waals surface area contributed by atoms with Gasteiger partial charge in [0.2, 0.25) is 0 Å². The van der Waals surface area contributed by atoms with Crippen LogP contribution in [-0.2, 0) is 6.42 Å². The van der Waals surface area contributed by atoms with E-state index < -0.39 is 0 Å². The van der Waals surface area contributed by atoms with Gasteiger partial charge in [0.05, 0.1) is 7.11 Å². The van der Waals surface area contributed by atoms with Crippen molar-refractivity contribution < 1.29 is 4.74 Å². The summed E-state index contributed by atoms with van der Waals surface area (Å²) in [7, 11) is 3.61. The predicted molar refractivity (Wildman–Crippen MR) is 89.6 cm³/mol. The molecular weight excluding hydrogens is 305 g/mol. The van der Waals surface area contributed by atoms with Gasteiger partial charge in [0.1, 0.15) is 5.75 Å². The molecule has 21 heavy (non-hydrogen) atoms. The molecule has 0 saturated carbocycles. The van der Waals surface area contributed by atoms with Crippen molar-refractivity contribution in [2.75, 3.05) is 14.2 Å². The lowest BCUT2D eigenvalue weighted by molar-refractivity contribution is 0.414. The van der Waals surface area contributed by atoms with Gasteiger partial charge < -0.3 is 10.1 Å². The predicted octanol–water partition coefficient (Wildman–Crippen LogP) is 4.90. The zero-order valence-electron chi connectivity index (χ0n) is 12.2. The van der Waals surface area contributed by atoms with Crippen LogP contribution in [0.5, 0.6) is 5.75 Å². The Bertz CT molecular complexity index is 584. The van der Waals surface area contributed by atoms with Crippen molar-refractivity contribution in [1.29, 1.82) is 0 Å². The first-order valence-electron chi connectivity index (χ1n) is 6.89. The Morgan fingerprint density at radius 1 is 1.10 bits per heavy atom. The van der Waals surface area contributed by atoms with Gasteiger partial charge in [-0.1, -0.05) is 35.3 Å². The third-order valence-electron chi connectivity index (χ3n) is 3.56. The lowest BCUT2D eigenvalue weighted by Crippen LogP contribution is -2.17. The fourth-order valence-electron chi connectivity index (χ4n) is 2.34. The van der Waals surface area contributed by atoms with Gasteiger partial charge in [-0.25, -0.2) is 0 Å². The third kappa shape index (κ3) is 4.37. The molecule has 2 aromatic rings. The molecule has 0 bridgehead atoms. The van der Waals surface area contributed by atoms with Gasteiger partial charge in [0, 0.05) is 16.1 Å². The zero-order valence-corrected chi connectivity index (χ0v) is 13.7. The van der Waals surface area contributed by atoms with E-state index in [0.29, 0.717) is 5.02 Å². The highest BCUT2D eigenvalue weighted by molar-refractivity contribution is 6.33. The average Bonchev–Trinajstić information content (AvgIpc) is 2.51. The Morgan fingerprint density at radius 3 is 2.43 bits per heavy atom. The standard InChI is InChI=1S/C17H19Cl2NO/c1-20-17(15-11-13(18)6-9-16(15)19)10-5-12-3-7-14(21-2)8-4-12/h3-4,6-9,11,17,20H,5,10H2,1-2H3. The molecule has 2 rings (SSSR count). The smallest absolute Gasteiger partial charge is 0.118 e. The monoisotopic (exact) mass is 323 g/mol. The minimum atomic E-state index is 0.179. The molecule has 0 amide bonds. The maximum absolute atomic E-state index is 6.28. The molecular formula is C17H19Cl2NO. The maximum Gasteiger partial charge on any atom is 0.118 e. The summed E-state index contributed by atoms with van der Waals surface area (Å²) in [4.78, 5) is 0. The van der Waals surface area contributed by atoms with Crippen molar-refractivity contribution in [1.82, 2.24) is 5.32 Å². The normalized spacial score (nSPS) is 12.2. The number of halogens is 2. The number of rotatable bonds is 6. The zero-order chi connectivity index (χ0) is 15.2. The summed E-state index contributed by atoms with van der Waals surface area (Å²) < 4.78 is 5.17. The fourth-order valence-corrected chi connectivity index (χ4v) is 2.77. The van der Waals surface area contributed by atoms with E-state index in [1.165, 1.54) is 5.56 Å². The van der Waals surface area contributed by atoms with Crippen LogP contribution in [0.2, 0.25) is 10.0 Å². The number of hydrogen-bond acceptors (Lipinski definition) is 2. The molecule has 1 unspecified atom stereocenters. The second-order valence-corrected chi connectivity index (χ2v) is 5.74. The Kier molecular flexibility index (Phi) is 5.92. The van der Waals surface area contributed by atoms with Crippen molar-refractivity contribution in [3.05, 3.63) is 63.6 Å². The summed E-state index contributed by atoms with van der Waals surface area (Å²) in [6.07, 6.45) is 1.90. The van der Waals surface area contributed by atoms with Crippen molar-refractivity contribution in [2.24, 2.45) is 0 Å². The van der Waals surface area contributed by atoms with Crippen molar-refractivity contribution in [2.45, 2.75) is 18.9 Å². The Morgan fingerprint density at radius 2 is 1.81 bits per heavy atom. The van der Waals surface area contributed by atoms with Crippen molar-refractivity contribution >= 4 is 23.2 Å². The summed E-state index contributed by atoms with van der Waals surface area (Å²) in [5.41, 5.74) is 2.31. The quantitative estimate of drug-likeness (QED) is 0.816. The Labute approximate surface area is 136 Å². The van der Waals surface area contributed by atoms with Gasteiger partial charge in [0.15, 0.2) is 0 Å². The number of aryl methyl sites for hydroxylation is 1. The first-order valence-corrected chi connectivity index (χ1v) is 7.64. The maximum atomic E-state index is 6.28. The SMILES string of the molecule is CNC(CCc1ccc(OC)cc1)c1cc(Cl)ccc1Cl. The molecule has 0 saturated heterocycles. The lowest BCUT2D eigenvalue weighted by atomic mass is 9.99. The molecule has 4 heteroatoms. The molecule has 112 valence electrons. The van der Waals surface area contributed by atoms with E-state index in [1.54, 1.807) is 7.11 Å². The van der Waals surface area contributed by atoms with Gasteiger partial charge in [-0.15, -0.1) is 0 Å². The highest BCUT2D eigenvalue weighted by atomic mass is 35.5. The van der Waals surface area contributed by atoms with E-state index in [2.05, 4.69) is 17.4 Å². The minimum absolute atomic E-state index is 0.179. The number of methoxy groups -OCH3 is 1. The summed E-state index contributed by atoms with van der Waals surface area (Å²) in [5.74, 6) is 0.877. The molecule has 0 aromatic heterocycles.